The highest BCUT2D eigenvalue weighted by molar-refractivity contribution is 7.99. The molecule has 26 heavy (non-hydrogen) atoms. The van der Waals surface area contributed by atoms with E-state index in [0.29, 0.717) is 5.37 Å². The Kier molecular flexibility index (Phi) is 5.57. The van der Waals surface area contributed by atoms with Crippen LogP contribution in [0.25, 0.3) is 10.8 Å². The molecule has 1 aliphatic rings. The molecule has 1 aliphatic heterocycles. The summed E-state index contributed by atoms with van der Waals surface area (Å²) in [6.07, 6.45) is 4.80. The van der Waals surface area contributed by atoms with E-state index in [1.165, 1.54) is 40.5 Å². The van der Waals surface area contributed by atoms with E-state index >= 15 is 0 Å². The molecule has 0 amide bonds. The highest BCUT2D eigenvalue weighted by Crippen LogP contribution is 2.33. The molecule has 4 rings (SSSR count). The lowest BCUT2D eigenvalue weighted by molar-refractivity contribution is 0.208. The minimum atomic E-state index is -0.156. The molecule has 1 fully saturated rings. The van der Waals surface area contributed by atoms with Crippen LogP contribution in [0.1, 0.15) is 24.8 Å². The van der Waals surface area contributed by atoms with Gasteiger partial charge in [-0.25, -0.2) is 4.39 Å². The monoisotopic (exact) mass is 365 g/mol. The number of benzene rings is 3. The number of likely N-dealkylation sites (tertiary alicyclic amines) is 1. The molecule has 1 unspecified atom stereocenters. The number of thioether (sulfide) groups is 1. The Hall–Kier alpha value is -1.84. The van der Waals surface area contributed by atoms with Crippen LogP contribution >= 0.6 is 11.8 Å². The van der Waals surface area contributed by atoms with Gasteiger partial charge in [-0.05, 0) is 72.8 Å². The second kappa shape index (κ2) is 8.24. The van der Waals surface area contributed by atoms with Gasteiger partial charge in [-0.15, -0.1) is 11.8 Å². The number of rotatable bonds is 5. The summed E-state index contributed by atoms with van der Waals surface area (Å²) >= 11 is 1.99. The van der Waals surface area contributed by atoms with Gasteiger partial charge in [0.1, 0.15) is 5.82 Å². The van der Waals surface area contributed by atoms with Crippen molar-refractivity contribution in [2.24, 2.45) is 0 Å². The van der Waals surface area contributed by atoms with Crippen LogP contribution in [0.2, 0.25) is 0 Å². The molecule has 0 N–H and O–H groups in total. The van der Waals surface area contributed by atoms with Gasteiger partial charge >= 0.3 is 0 Å². The second-order valence-corrected chi connectivity index (χ2v) is 8.24. The van der Waals surface area contributed by atoms with Crippen LogP contribution in [0.15, 0.2) is 71.6 Å². The van der Waals surface area contributed by atoms with Crippen molar-refractivity contribution in [2.45, 2.75) is 36.0 Å². The van der Waals surface area contributed by atoms with Gasteiger partial charge in [0.15, 0.2) is 0 Å². The molecule has 134 valence electrons. The first-order chi connectivity index (χ1) is 12.8. The molecule has 0 radical (unpaired) electrons. The van der Waals surface area contributed by atoms with Gasteiger partial charge in [0.25, 0.3) is 0 Å². The third-order valence-corrected chi connectivity index (χ3v) is 6.48. The van der Waals surface area contributed by atoms with Gasteiger partial charge in [-0.1, -0.05) is 42.5 Å². The molecule has 0 saturated carbocycles. The number of hydrogen-bond donors (Lipinski definition) is 0. The van der Waals surface area contributed by atoms with Crippen LogP contribution in [0.4, 0.5) is 4.39 Å². The van der Waals surface area contributed by atoms with Crippen LogP contribution in [0.3, 0.4) is 0 Å². The van der Waals surface area contributed by atoms with Crippen molar-refractivity contribution in [3.05, 3.63) is 78.1 Å². The Balaban J connectivity index is 1.43. The van der Waals surface area contributed by atoms with Crippen LogP contribution in [0, 0.1) is 5.82 Å². The fourth-order valence-corrected chi connectivity index (χ4v) is 4.97. The molecule has 0 bridgehead atoms. The maximum absolute atomic E-state index is 13.1. The lowest BCUT2D eigenvalue weighted by Crippen LogP contribution is -2.38. The third kappa shape index (κ3) is 4.28. The normalized spacial score (nSPS) is 18.3. The number of piperidine rings is 1. The first-order valence-corrected chi connectivity index (χ1v) is 10.3. The molecule has 3 aromatic carbocycles. The maximum Gasteiger partial charge on any atom is 0.123 e. The summed E-state index contributed by atoms with van der Waals surface area (Å²) in [5, 5.41) is 3.14. The molecule has 1 heterocycles. The summed E-state index contributed by atoms with van der Waals surface area (Å²) in [5.41, 5.74) is 1.21. The first-order valence-electron chi connectivity index (χ1n) is 9.42. The Morgan fingerprint density at radius 2 is 1.73 bits per heavy atom. The second-order valence-electron chi connectivity index (χ2n) is 6.99. The Morgan fingerprint density at radius 1 is 0.923 bits per heavy atom. The van der Waals surface area contributed by atoms with Crippen LogP contribution < -0.4 is 0 Å². The van der Waals surface area contributed by atoms with E-state index in [1.807, 2.05) is 23.9 Å². The highest BCUT2D eigenvalue weighted by Gasteiger charge is 2.23. The molecule has 1 saturated heterocycles. The quantitative estimate of drug-likeness (QED) is 0.535. The Bertz CT molecular complexity index is 861. The predicted octanol–water partition coefficient (Wildman–Crippen LogP) is 6.13. The number of fused-ring (bicyclic) bond motifs is 1. The molecule has 3 heteroatoms. The zero-order valence-corrected chi connectivity index (χ0v) is 15.7. The van der Waals surface area contributed by atoms with E-state index in [1.54, 1.807) is 12.1 Å². The summed E-state index contributed by atoms with van der Waals surface area (Å²) in [4.78, 5) is 3.95. The van der Waals surface area contributed by atoms with E-state index < -0.39 is 0 Å². The molecule has 0 aromatic heterocycles. The average molecular weight is 366 g/mol. The van der Waals surface area contributed by atoms with Gasteiger partial charge in [0.2, 0.25) is 0 Å². The minimum absolute atomic E-state index is 0.156. The van der Waals surface area contributed by atoms with Gasteiger partial charge < -0.3 is 0 Å². The van der Waals surface area contributed by atoms with Crippen molar-refractivity contribution in [1.29, 1.82) is 0 Å². The lowest BCUT2D eigenvalue weighted by Gasteiger charge is -2.35. The van der Waals surface area contributed by atoms with E-state index in [2.05, 4.69) is 47.4 Å². The van der Waals surface area contributed by atoms with Crippen molar-refractivity contribution in [3.63, 3.8) is 0 Å². The molecule has 0 spiro atoms. The van der Waals surface area contributed by atoms with Gasteiger partial charge in [-0.2, -0.15) is 0 Å². The summed E-state index contributed by atoms with van der Waals surface area (Å²) < 4.78 is 13.1. The van der Waals surface area contributed by atoms with Gasteiger partial charge in [0.05, 0.1) is 5.37 Å². The SMILES string of the molecule is Fc1ccc(CCN2CCCCC2Sc2ccc3ccccc3c2)cc1. The Labute approximate surface area is 159 Å². The van der Waals surface area contributed by atoms with E-state index in [4.69, 9.17) is 0 Å². The van der Waals surface area contributed by atoms with Crippen LogP contribution in [0.5, 0.6) is 0 Å². The van der Waals surface area contributed by atoms with Crippen LogP contribution in [-0.2, 0) is 6.42 Å². The van der Waals surface area contributed by atoms with Crippen molar-refractivity contribution < 1.29 is 4.39 Å². The summed E-state index contributed by atoms with van der Waals surface area (Å²) in [6.45, 7) is 2.20. The van der Waals surface area contributed by atoms with Gasteiger partial charge in [-0.3, -0.25) is 4.90 Å². The maximum atomic E-state index is 13.1. The van der Waals surface area contributed by atoms with E-state index in [9.17, 15) is 4.39 Å². The van der Waals surface area contributed by atoms with Crippen molar-refractivity contribution >= 4 is 22.5 Å². The van der Waals surface area contributed by atoms with Crippen LogP contribution in [-0.4, -0.2) is 23.4 Å². The topological polar surface area (TPSA) is 3.24 Å². The van der Waals surface area contributed by atoms with Crippen molar-refractivity contribution in [1.82, 2.24) is 4.90 Å². The summed E-state index contributed by atoms with van der Waals surface area (Å²) in [7, 11) is 0. The molecule has 0 aliphatic carbocycles. The van der Waals surface area contributed by atoms with Crippen molar-refractivity contribution in [3.8, 4) is 0 Å². The van der Waals surface area contributed by atoms with Crippen molar-refractivity contribution in [2.75, 3.05) is 13.1 Å². The highest BCUT2D eigenvalue weighted by atomic mass is 32.2. The Morgan fingerprint density at radius 3 is 2.58 bits per heavy atom. The molecule has 3 aromatic rings. The minimum Gasteiger partial charge on any atom is -0.291 e. The fourth-order valence-electron chi connectivity index (χ4n) is 3.67. The van der Waals surface area contributed by atoms with E-state index in [0.717, 1.165) is 19.5 Å². The third-order valence-electron chi connectivity index (χ3n) is 5.15. The standard InChI is InChI=1S/C23H24FNS/c24-21-11-8-18(9-12-21)14-16-25-15-4-3-7-23(25)26-22-13-10-19-5-1-2-6-20(19)17-22/h1-2,5-6,8-13,17,23H,3-4,7,14-16H2. The van der Waals surface area contributed by atoms with Gasteiger partial charge in [0, 0.05) is 11.4 Å². The lowest BCUT2D eigenvalue weighted by atomic mass is 10.1. The van der Waals surface area contributed by atoms with E-state index in [-0.39, 0.29) is 5.82 Å². The summed E-state index contributed by atoms with van der Waals surface area (Å²) in [6, 6.07) is 22.3. The zero-order chi connectivity index (χ0) is 17.8. The largest absolute Gasteiger partial charge is 0.291 e. The number of halogens is 1. The molecule has 1 nitrogen and oxygen atoms in total. The zero-order valence-electron chi connectivity index (χ0n) is 14.9. The first kappa shape index (κ1) is 17.6. The molecule has 1 atom stereocenters. The number of nitrogens with zero attached hydrogens (tertiary/aromatic N) is 1. The fraction of sp³-hybridized carbons (Fsp3) is 0.304. The summed E-state index contributed by atoms with van der Waals surface area (Å²) in [5.74, 6) is -0.156. The predicted molar refractivity (Wildman–Crippen MR) is 109 cm³/mol. The molecular weight excluding hydrogens is 341 g/mol. The molecular formula is C23H24FNS. The number of hydrogen-bond acceptors (Lipinski definition) is 2. The smallest absolute Gasteiger partial charge is 0.123 e. The average Bonchev–Trinajstić information content (AvgIpc) is 2.68.